The number of hydrogen-bond donors (Lipinski definition) is 2. The van der Waals surface area contributed by atoms with Crippen molar-refractivity contribution in [1.29, 1.82) is 0 Å². The number of aliphatic hydroxyl groups is 2. The predicted octanol–water partition coefficient (Wildman–Crippen LogP) is 5.66. The summed E-state index contributed by atoms with van der Waals surface area (Å²) in [5.74, 6) is 1.13. The maximum Gasteiger partial charge on any atom is 0.119 e. The standard InChI is InChI=1S/C25H24Cl2O3/c26-15-14-24(18-4-2-1-3-5-18)25(19-6-10-21(27)11-7-19)20-8-12-23(13-9-20)30-17-22(29)16-28/h1-13,22,28-29H,14-17H2/b25-24-. The summed E-state index contributed by atoms with van der Waals surface area (Å²) in [5, 5.41) is 19.1. The van der Waals surface area contributed by atoms with Crippen molar-refractivity contribution in [2.45, 2.75) is 12.5 Å². The zero-order valence-corrected chi connectivity index (χ0v) is 18.0. The SMILES string of the molecule is OCC(O)COc1ccc(/C(=C(/CCCl)c2ccccc2)c2ccc(Cl)cc2)cc1. The van der Waals surface area contributed by atoms with Crippen LogP contribution in [0.2, 0.25) is 5.02 Å². The fourth-order valence-electron chi connectivity index (χ4n) is 3.24. The molecule has 156 valence electrons. The van der Waals surface area contributed by atoms with Crippen LogP contribution in [0.3, 0.4) is 0 Å². The highest BCUT2D eigenvalue weighted by Gasteiger charge is 2.14. The van der Waals surface area contributed by atoms with E-state index in [1.54, 1.807) is 0 Å². The van der Waals surface area contributed by atoms with E-state index in [-0.39, 0.29) is 13.2 Å². The van der Waals surface area contributed by atoms with Crippen LogP contribution in [0.25, 0.3) is 11.1 Å². The van der Waals surface area contributed by atoms with Gasteiger partial charge in [-0.25, -0.2) is 0 Å². The first kappa shape index (κ1) is 22.4. The number of alkyl halides is 1. The van der Waals surface area contributed by atoms with Crippen LogP contribution >= 0.6 is 23.2 Å². The lowest BCUT2D eigenvalue weighted by molar-refractivity contribution is 0.0536. The normalized spacial score (nSPS) is 12.9. The number of allylic oxidation sites excluding steroid dienone is 1. The van der Waals surface area contributed by atoms with Crippen LogP contribution in [0, 0.1) is 0 Å². The summed E-state index contributed by atoms with van der Waals surface area (Å²) in [6.45, 7) is -0.294. The third-order valence-electron chi connectivity index (χ3n) is 4.70. The number of halogens is 2. The third-order valence-corrected chi connectivity index (χ3v) is 5.14. The van der Waals surface area contributed by atoms with Crippen molar-refractivity contribution in [2.24, 2.45) is 0 Å². The van der Waals surface area contributed by atoms with Gasteiger partial charge in [-0.1, -0.05) is 66.2 Å². The molecule has 1 unspecified atom stereocenters. The van der Waals surface area contributed by atoms with E-state index in [2.05, 4.69) is 12.1 Å². The molecule has 0 amide bonds. The van der Waals surface area contributed by atoms with E-state index in [0.717, 1.165) is 27.8 Å². The van der Waals surface area contributed by atoms with Gasteiger partial charge in [0.15, 0.2) is 0 Å². The zero-order chi connectivity index (χ0) is 21.3. The minimum Gasteiger partial charge on any atom is -0.491 e. The van der Waals surface area contributed by atoms with Gasteiger partial charge in [0.2, 0.25) is 0 Å². The molecule has 0 aliphatic carbocycles. The summed E-state index contributed by atoms with van der Waals surface area (Å²) in [4.78, 5) is 0. The first-order chi connectivity index (χ1) is 14.6. The summed E-state index contributed by atoms with van der Waals surface area (Å²) in [6, 6.07) is 25.7. The minimum atomic E-state index is -0.900. The summed E-state index contributed by atoms with van der Waals surface area (Å²) in [6.07, 6.45) is -0.188. The number of ether oxygens (including phenoxy) is 1. The molecule has 0 bridgehead atoms. The Morgan fingerprint density at radius 3 is 2.00 bits per heavy atom. The molecule has 1 atom stereocenters. The summed E-state index contributed by atoms with van der Waals surface area (Å²) < 4.78 is 5.54. The van der Waals surface area contributed by atoms with Crippen molar-refractivity contribution in [3.8, 4) is 5.75 Å². The lowest BCUT2D eigenvalue weighted by Gasteiger charge is -2.17. The second-order valence-corrected chi connectivity index (χ2v) is 7.65. The lowest BCUT2D eigenvalue weighted by atomic mass is 9.88. The van der Waals surface area contributed by atoms with E-state index in [4.69, 9.17) is 33.0 Å². The average molecular weight is 443 g/mol. The number of rotatable bonds is 9. The Morgan fingerprint density at radius 2 is 1.43 bits per heavy atom. The molecule has 0 saturated heterocycles. The number of aliphatic hydroxyl groups excluding tert-OH is 2. The largest absolute Gasteiger partial charge is 0.491 e. The highest BCUT2D eigenvalue weighted by atomic mass is 35.5. The monoisotopic (exact) mass is 442 g/mol. The fourth-order valence-corrected chi connectivity index (χ4v) is 3.56. The summed E-state index contributed by atoms with van der Waals surface area (Å²) >= 11 is 12.3. The molecule has 30 heavy (non-hydrogen) atoms. The number of benzene rings is 3. The minimum absolute atomic E-state index is 0.0389. The van der Waals surface area contributed by atoms with Gasteiger partial charge in [0.1, 0.15) is 18.5 Å². The quantitative estimate of drug-likeness (QED) is 0.332. The zero-order valence-electron chi connectivity index (χ0n) is 16.5. The molecule has 5 heteroatoms. The highest BCUT2D eigenvalue weighted by Crippen LogP contribution is 2.35. The van der Waals surface area contributed by atoms with Gasteiger partial charge in [-0.05, 0) is 58.5 Å². The van der Waals surface area contributed by atoms with Gasteiger partial charge >= 0.3 is 0 Å². The maximum absolute atomic E-state index is 9.49. The van der Waals surface area contributed by atoms with Gasteiger partial charge < -0.3 is 14.9 Å². The predicted molar refractivity (Wildman–Crippen MR) is 124 cm³/mol. The number of hydrogen-bond acceptors (Lipinski definition) is 3. The topological polar surface area (TPSA) is 49.7 Å². The molecular formula is C25H24Cl2O3. The van der Waals surface area contributed by atoms with Crippen LogP contribution in [-0.4, -0.2) is 35.4 Å². The van der Waals surface area contributed by atoms with Crippen LogP contribution < -0.4 is 4.74 Å². The summed E-state index contributed by atoms with van der Waals surface area (Å²) in [7, 11) is 0. The van der Waals surface area contributed by atoms with Gasteiger partial charge in [-0.2, -0.15) is 0 Å². The van der Waals surface area contributed by atoms with E-state index in [1.807, 2.05) is 66.7 Å². The Balaban J connectivity index is 2.06. The second-order valence-electron chi connectivity index (χ2n) is 6.84. The van der Waals surface area contributed by atoms with Crippen molar-refractivity contribution < 1.29 is 14.9 Å². The van der Waals surface area contributed by atoms with Crippen molar-refractivity contribution in [2.75, 3.05) is 19.1 Å². The van der Waals surface area contributed by atoms with Gasteiger partial charge in [-0.3, -0.25) is 0 Å². The third kappa shape index (κ3) is 5.87. The molecule has 0 aliphatic heterocycles. The molecule has 2 N–H and O–H groups in total. The van der Waals surface area contributed by atoms with Crippen molar-refractivity contribution in [3.05, 3.63) is 101 Å². The molecule has 0 spiro atoms. The average Bonchev–Trinajstić information content (AvgIpc) is 2.79. The molecule has 0 aliphatic rings. The Bertz CT molecular complexity index is 952. The van der Waals surface area contributed by atoms with E-state index in [0.29, 0.717) is 23.1 Å². The van der Waals surface area contributed by atoms with Gasteiger partial charge in [0.25, 0.3) is 0 Å². The molecule has 3 aromatic carbocycles. The van der Waals surface area contributed by atoms with Crippen molar-refractivity contribution in [1.82, 2.24) is 0 Å². The van der Waals surface area contributed by atoms with E-state index in [9.17, 15) is 5.11 Å². The molecule has 3 aromatic rings. The summed E-state index contributed by atoms with van der Waals surface area (Å²) in [5.41, 5.74) is 5.43. The molecule has 3 nitrogen and oxygen atoms in total. The van der Waals surface area contributed by atoms with E-state index >= 15 is 0 Å². The molecule has 0 fully saturated rings. The van der Waals surface area contributed by atoms with Crippen molar-refractivity contribution >= 4 is 34.3 Å². The van der Waals surface area contributed by atoms with E-state index < -0.39 is 6.10 Å². The van der Waals surface area contributed by atoms with Crippen LogP contribution in [0.4, 0.5) is 0 Å². The van der Waals surface area contributed by atoms with Crippen LogP contribution in [0.5, 0.6) is 5.75 Å². The Labute approximate surface area is 187 Å². The fraction of sp³-hybridized carbons (Fsp3) is 0.200. The smallest absolute Gasteiger partial charge is 0.119 e. The van der Waals surface area contributed by atoms with Crippen LogP contribution in [0.1, 0.15) is 23.1 Å². The highest BCUT2D eigenvalue weighted by molar-refractivity contribution is 6.30. The van der Waals surface area contributed by atoms with Crippen LogP contribution in [0.15, 0.2) is 78.9 Å². The molecule has 0 radical (unpaired) electrons. The first-order valence-corrected chi connectivity index (χ1v) is 10.7. The van der Waals surface area contributed by atoms with Crippen LogP contribution in [-0.2, 0) is 0 Å². The van der Waals surface area contributed by atoms with E-state index in [1.165, 1.54) is 0 Å². The molecule has 0 aromatic heterocycles. The molecule has 0 saturated carbocycles. The Hall–Kier alpha value is -2.30. The maximum atomic E-state index is 9.49. The molecule has 3 rings (SSSR count). The molecular weight excluding hydrogens is 419 g/mol. The Morgan fingerprint density at radius 1 is 0.833 bits per heavy atom. The van der Waals surface area contributed by atoms with Gasteiger partial charge in [-0.15, -0.1) is 11.6 Å². The van der Waals surface area contributed by atoms with Gasteiger partial charge in [0, 0.05) is 10.9 Å². The second kappa shape index (κ2) is 11.2. The van der Waals surface area contributed by atoms with Crippen molar-refractivity contribution in [3.63, 3.8) is 0 Å². The molecule has 0 heterocycles. The Kier molecular flexibility index (Phi) is 8.35. The first-order valence-electron chi connectivity index (χ1n) is 9.75. The van der Waals surface area contributed by atoms with Gasteiger partial charge in [0.05, 0.1) is 6.61 Å². The lowest BCUT2D eigenvalue weighted by Crippen LogP contribution is -2.21.